The Morgan fingerprint density at radius 2 is 1.59 bits per heavy atom. The van der Waals surface area contributed by atoms with E-state index in [0.29, 0.717) is 20.6 Å². The molecule has 0 heterocycles. The zero-order chi connectivity index (χ0) is 12.6. The van der Waals surface area contributed by atoms with Crippen molar-refractivity contribution in [1.29, 1.82) is 0 Å². The highest BCUT2D eigenvalue weighted by Gasteiger charge is 2.13. The molecule has 2 aromatic rings. The Balaban J connectivity index is 2.72. The first-order valence-corrected chi connectivity index (χ1v) is 6.04. The van der Waals surface area contributed by atoms with E-state index in [1.165, 1.54) is 12.1 Å². The average molecular weight is 290 g/mol. The highest BCUT2D eigenvalue weighted by molar-refractivity contribution is 6.46. The Labute approximate surface area is 114 Å². The van der Waals surface area contributed by atoms with Crippen molar-refractivity contribution < 1.29 is 4.39 Å². The summed E-state index contributed by atoms with van der Waals surface area (Å²) in [7, 11) is 0. The molecule has 0 N–H and O–H groups in total. The van der Waals surface area contributed by atoms with Crippen LogP contribution in [0.2, 0.25) is 15.1 Å². The summed E-state index contributed by atoms with van der Waals surface area (Å²) in [4.78, 5) is 0. The van der Waals surface area contributed by atoms with Gasteiger partial charge in [0.05, 0.1) is 15.1 Å². The molecule has 0 radical (unpaired) electrons. The van der Waals surface area contributed by atoms with Gasteiger partial charge < -0.3 is 0 Å². The van der Waals surface area contributed by atoms with Crippen molar-refractivity contribution in [2.24, 2.45) is 0 Å². The third-order valence-electron chi connectivity index (χ3n) is 2.50. The molecule has 0 atom stereocenters. The average Bonchev–Trinajstić information content (AvgIpc) is 2.27. The van der Waals surface area contributed by atoms with E-state index < -0.39 is 0 Å². The fraction of sp³-hybridized carbons (Fsp3) is 0.0769. The van der Waals surface area contributed by atoms with Gasteiger partial charge in [-0.25, -0.2) is 4.39 Å². The van der Waals surface area contributed by atoms with E-state index in [9.17, 15) is 4.39 Å². The second-order valence-corrected chi connectivity index (χ2v) is 4.87. The second kappa shape index (κ2) is 4.85. The van der Waals surface area contributed by atoms with Crippen molar-refractivity contribution in [3.63, 3.8) is 0 Å². The molecule has 0 fully saturated rings. The van der Waals surface area contributed by atoms with Crippen LogP contribution in [0, 0.1) is 12.7 Å². The third-order valence-corrected chi connectivity index (χ3v) is 3.62. The Hall–Kier alpha value is -0.760. The summed E-state index contributed by atoms with van der Waals surface area (Å²) in [5.74, 6) is -0.291. The molecule has 0 aromatic heterocycles. The van der Waals surface area contributed by atoms with Gasteiger partial charge >= 0.3 is 0 Å². The monoisotopic (exact) mass is 288 g/mol. The molecule has 0 nitrogen and oxygen atoms in total. The zero-order valence-corrected chi connectivity index (χ0v) is 11.2. The zero-order valence-electron chi connectivity index (χ0n) is 8.90. The van der Waals surface area contributed by atoms with E-state index in [1.54, 1.807) is 25.1 Å². The van der Waals surface area contributed by atoms with Gasteiger partial charge in [-0.05, 0) is 42.3 Å². The molecule has 4 heteroatoms. The van der Waals surface area contributed by atoms with Crippen LogP contribution < -0.4 is 0 Å². The normalized spacial score (nSPS) is 10.6. The maximum atomic E-state index is 13.1. The summed E-state index contributed by atoms with van der Waals surface area (Å²) in [6.07, 6.45) is 0. The standard InChI is InChI=1S/C13H8Cl3F/c1-7-6-8(17)2-3-9(7)12-10(14)4-5-11(15)13(12)16/h2-6H,1H3. The van der Waals surface area contributed by atoms with Gasteiger partial charge in [0, 0.05) is 5.56 Å². The molecule has 0 aliphatic rings. The van der Waals surface area contributed by atoms with Gasteiger partial charge in [0.15, 0.2) is 0 Å². The summed E-state index contributed by atoms with van der Waals surface area (Å²) in [5.41, 5.74) is 2.18. The van der Waals surface area contributed by atoms with E-state index in [2.05, 4.69) is 0 Å². The molecule has 0 spiro atoms. The van der Waals surface area contributed by atoms with Crippen molar-refractivity contribution in [2.75, 3.05) is 0 Å². The number of rotatable bonds is 1. The molecular formula is C13H8Cl3F. The summed E-state index contributed by atoms with van der Waals surface area (Å²) >= 11 is 18.2. The first kappa shape index (κ1) is 12.7. The molecule has 0 amide bonds. The topological polar surface area (TPSA) is 0 Å². The first-order chi connectivity index (χ1) is 8.00. The molecule has 2 rings (SSSR count). The summed E-state index contributed by atoms with van der Waals surface area (Å²) in [6.45, 7) is 1.80. The molecule has 88 valence electrons. The van der Waals surface area contributed by atoms with Gasteiger partial charge in [0.25, 0.3) is 0 Å². The lowest BCUT2D eigenvalue weighted by Gasteiger charge is -2.11. The fourth-order valence-electron chi connectivity index (χ4n) is 1.68. The SMILES string of the molecule is Cc1cc(F)ccc1-c1c(Cl)ccc(Cl)c1Cl. The lowest BCUT2D eigenvalue weighted by molar-refractivity contribution is 0.627. The lowest BCUT2D eigenvalue weighted by Crippen LogP contribution is -1.88. The minimum Gasteiger partial charge on any atom is -0.207 e. The van der Waals surface area contributed by atoms with E-state index in [1.807, 2.05) is 0 Å². The predicted octanol–water partition coefficient (Wildman–Crippen LogP) is 5.76. The maximum Gasteiger partial charge on any atom is 0.123 e. The Bertz CT molecular complexity index is 579. The minimum atomic E-state index is -0.291. The van der Waals surface area contributed by atoms with Gasteiger partial charge in [0.2, 0.25) is 0 Å². The van der Waals surface area contributed by atoms with Crippen LogP contribution in [0.25, 0.3) is 11.1 Å². The summed E-state index contributed by atoms with van der Waals surface area (Å²) < 4.78 is 13.1. The molecule has 0 unspecified atom stereocenters. The minimum absolute atomic E-state index is 0.291. The van der Waals surface area contributed by atoms with Crippen molar-refractivity contribution in [2.45, 2.75) is 6.92 Å². The molecule has 2 aromatic carbocycles. The van der Waals surface area contributed by atoms with E-state index in [-0.39, 0.29) is 5.82 Å². The van der Waals surface area contributed by atoms with Gasteiger partial charge in [-0.15, -0.1) is 0 Å². The molecule has 0 saturated heterocycles. The molecule has 0 saturated carbocycles. The van der Waals surface area contributed by atoms with Crippen LogP contribution in [-0.2, 0) is 0 Å². The van der Waals surface area contributed by atoms with E-state index in [4.69, 9.17) is 34.8 Å². The number of hydrogen-bond acceptors (Lipinski definition) is 0. The van der Waals surface area contributed by atoms with Crippen LogP contribution in [0.4, 0.5) is 4.39 Å². The van der Waals surface area contributed by atoms with Crippen molar-refractivity contribution in [3.8, 4) is 11.1 Å². The molecule has 0 bridgehead atoms. The molecule has 17 heavy (non-hydrogen) atoms. The highest BCUT2D eigenvalue weighted by atomic mass is 35.5. The van der Waals surface area contributed by atoms with Gasteiger partial charge in [-0.1, -0.05) is 40.9 Å². The van der Waals surface area contributed by atoms with Crippen LogP contribution in [0.1, 0.15) is 5.56 Å². The van der Waals surface area contributed by atoms with Gasteiger partial charge in [-0.2, -0.15) is 0 Å². The largest absolute Gasteiger partial charge is 0.207 e. The number of benzene rings is 2. The Morgan fingerprint density at radius 3 is 2.24 bits per heavy atom. The third kappa shape index (κ3) is 2.42. The summed E-state index contributed by atoms with van der Waals surface area (Å²) in [5, 5.41) is 1.30. The first-order valence-electron chi connectivity index (χ1n) is 4.90. The van der Waals surface area contributed by atoms with Crippen molar-refractivity contribution >= 4 is 34.8 Å². The quantitative estimate of drug-likeness (QED) is 0.585. The smallest absolute Gasteiger partial charge is 0.123 e. The highest BCUT2D eigenvalue weighted by Crippen LogP contribution is 2.40. The van der Waals surface area contributed by atoms with Crippen molar-refractivity contribution in [1.82, 2.24) is 0 Å². The fourth-order valence-corrected chi connectivity index (χ4v) is 2.41. The second-order valence-electron chi connectivity index (χ2n) is 3.68. The molecule has 0 aliphatic carbocycles. The number of hydrogen-bond donors (Lipinski definition) is 0. The lowest BCUT2D eigenvalue weighted by atomic mass is 10.0. The van der Waals surface area contributed by atoms with Crippen molar-refractivity contribution in [3.05, 3.63) is 56.8 Å². The van der Waals surface area contributed by atoms with Gasteiger partial charge in [-0.3, -0.25) is 0 Å². The Morgan fingerprint density at radius 1 is 0.941 bits per heavy atom. The molecular weight excluding hydrogens is 282 g/mol. The maximum absolute atomic E-state index is 13.1. The van der Waals surface area contributed by atoms with E-state index in [0.717, 1.165) is 11.1 Å². The molecule has 0 aliphatic heterocycles. The van der Waals surface area contributed by atoms with Gasteiger partial charge in [0.1, 0.15) is 5.82 Å². The number of aryl methyl sites for hydroxylation is 1. The van der Waals surface area contributed by atoms with Crippen LogP contribution in [0.5, 0.6) is 0 Å². The van der Waals surface area contributed by atoms with Crippen LogP contribution >= 0.6 is 34.8 Å². The Kier molecular flexibility index (Phi) is 3.62. The van der Waals surface area contributed by atoms with Crippen LogP contribution in [-0.4, -0.2) is 0 Å². The predicted molar refractivity (Wildman–Crippen MR) is 71.6 cm³/mol. The van der Waals surface area contributed by atoms with E-state index >= 15 is 0 Å². The van der Waals surface area contributed by atoms with Crippen LogP contribution in [0.3, 0.4) is 0 Å². The summed E-state index contributed by atoms with van der Waals surface area (Å²) in [6, 6.07) is 7.76. The number of halogens is 4. The van der Waals surface area contributed by atoms with Crippen LogP contribution in [0.15, 0.2) is 30.3 Å².